The zero-order valence-electron chi connectivity index (χ0n) is 10.6. The first-order valence-corrected chi connectivity index (χ1v) is 6.54. The van der Waals surface area contributed by atoms with Crippen molar-refractivity contribution in [1.82, 2.24) is 9.55 Å². The zero-order chi connectivity index (χ0) is 14.7. The fourth-order valence-electron chi connectivity index (χ4n) is 1.61. The molecule has 0 spiro atoms. The van der Waals surface area contributed by atoms with Gasteiger partial charge in [-0.3, -0.25) is 14.2 Å². The lowest BCUT2D eigenvalue weighted by molar-refractivity contribution is -0.116. The van der Waals surface area contributed by atoms with Gasteiger partial charge < -0.3 is 5.32 Å². The lowest BCUT2D eigenvalue weighted by atomic mass is 10.3. The van der Waals surface area contributed by atoms with E-state index < -0.39 is 0 Å². The third-order valence-corrected chi connectivity index (χ3v) is 3.18. The van der Waals surface area contributed by atoms with E-state index in [-0.39, 0.29) is 28.3 Å². The monoisotopic (exact) mass is 339 g/mol. The minimum absolute atomic E-state index is 0.158. The number of rotatable bonds is 3. The van der Waals surface area contributed by atoms with Gasteiger partial charge in [-0.25, -0.2) is 9.37 Å². The van der Waals surface area contributed by atoms with Crippen LogP contribution in [0.3, 0.4) is 0 Å². The number of hydrogen-bond acceptors (Lipinski definition) is 3. The van der Waals surface area contributed by atoms with E-state index in [1.54, 1.807) is 6.92 Å². The summed E-state index contributed by atoms with van der Waals surface area (Å²) in [6.07, 6.45) is 1.39. The number of benzene rings is 1. The summed E-state index contributed by atoms with van der Waals surface area (Å²) >= 11 is 3.08. The number of anilines is 1. The molecule has 0 unspecified atom stereocenters. The van der Waals surface area contributed by atoms with Crippen LogP contribution >= 0.6 is 15.9 Å². The Kier molecular flexibility index (Phi) is 4.29. The fourth-order valence-corrected chi connectivity index (χ4v) is 1.93. The molecule has 0 aliphatic heterocycles. The number of aromatic nitrogens is 2. The normalized spacial score (nSPS) is 10.3. The van der Waals surface area contributed by atoms with E-state index >= 15 is 0 Å². The van der Waals surface area contributed by atoms with Gasteiger partial charge in [-0.1, -0.05) is 0 Å². The summed E-state index contributed by atoms with van der Waals surface area (Å²) in [7, 11) is 0. The highest BCUT2D eigenvalue weighted by Crippen LogP contribution is 2.08. The van der Waals surface area contributed by atoms with E-state index in [9.17, 15) is 14.0 Å². The highest BCUT2D eigenvalue weighted by molar-refractivity contribution is 9.10. The van der Waals surface area contributed by atoms with Crippen molar-refractivity contribution < 1.29 is 9.18 Å². The number of nitrogens with one attached hydrogen (secondary N) is 1. The van der Waals surface area contributed by atoms with E-state index in [0.29, 0.717) is 11.5 Å². The Labute approximate surface area is 122 Å². The summed E-state index contributed by atoms with van der Waals surface area (Å²) in [4.78, 5) is 27.7. The van der Waals surface area contributed by atoms with Gasteiger partial charge in [-0.2, -0.15) is 0 Å². The topological polar surface area (TPSA) is 64.0 Å². The van der Waals surface area contributed by atoms with Gasteiger partial charge in [0.2, 0.25) is 5.91 Å². The van der Waals surface area contributed by atoms with Crippen LogP contribution < -0.4 is 10.9 Å². The van der Waals surface area contributed by atoms with Crippen LogP contribution in [0.2, 0.25) is 0 Å². The quantitative estimate of drug-likeness (QED) is 0.931. The van der Waals surface area contributed by atoms with Crippen molar-refractivity contribution in [2.45, 2.75) is 13.5 Å². The molecule has 0 aliphatic carbocycles. The third kappa shape index (κ3) is 3.30. The van der Waals surface area contributed by atoms with Crippen molar-refractivity contribution in [3.05, 3.63) is 56.9 Å². The minimum Gasteiger partial charge on any atom is -0.325 e. The highest BCUT2D eigenvalue weighted by Gasteiger charge is 2.10. The molecule has 1 aromatic heterocycles. The van der Waals surface area contributed by atoms with Crippen LogP contribution in [-0.4, -0.2) is 15.5 Å². The molecule has 0 aliphatic rings. The van der Waals surface area contributed by atoms with E-state index in [4.69, 9.17) is 0 Å². The molecule has 0 saturated heterocycles. The molecule has 5 nitrogen and oxygen atoms in total. The molecule has 0 saturated carbocycles. The number of halogens is 2. The van der Waals surface area contributed by atoms with Gasteiger partial charge in [-0.05, 0) is 47.1 Å². The minimum atomic E-state index is -0.387. The molecular weight excluding hydrogens is 329 g/mol. The van der Waals surface area contributed by atoms with Gasteiger partial charge in [0.05, 0.1) is 0 Å². The lowest BCUT2D eigenvalue weighted by Gasteiger charge is -2.10. The Morgan fingerprint density at radius 1 is 1.40 bits per heavy atom. The Morgan fingerprint density at radius 3 is 2.70 bits per heavy atom. The second-order valence-corrected chi connectivity index (χ2v) is 4.95. The summed E-state index contributed by atoms with van der Waals surface area (Å²) in [5.74, 6) is -0.333. The van der Waals surface area contributed by atoms with Gasteiger partial charge in [0.25, 0.3) is 5.56 Å². The van der Waals surface area contributed by atoms with E-state index in [2.05, 4.69) is 26.2 Å². The lowest BCUT2D eigenvalue weighted by Crippen LogP contribution is -2.30. The molecule has 0 radical (unpaired) electrons. The van der Waals surface area contributed by atoms with Crippen molar-refractivity contribution in [2.75, 3.05) is 5.32 Å². The maximum absolute atomic E-state index is 12.7. The largest absolute Gasteiger partial charge is 0.325 e. The van der Waals surface area contributed by atoms with E-state index in [1.807, 2.05) is 0 Å². The summed E-state index contributed by atoms with van der Waals surface area (Å²) in [5.41, 5.74) is 0.136. The zero-order valence-corrected chi connectivity index (χ0v) is 12.1. The Bertz CT molecular complexity index is 698. The fraction of sp³-hybridized carbons (Fsp3) is 0.154. The second-order valence-electron chi connectivity index (χ2n) is 4.10. The Morgan fingerprint density at radius 2 is 2.05 bits per heavy atom. The molecule has 1 amide bonds. The maximum Gasteiger partial charge on any atom is 0.268 e. The predicted molar refractivity (Wildman–Crippen MR) is 76.0 cm³/mol. The SMILES string of the molecule is Cc1ncc(Br)c(=O)n1CC(=O)Nc1ccc(F)cc1. The van der Waals surface area contributed by atoms with Crippen molar-refractivity contribution in [2.24, 2.45) is 0 Å². The summed E-state index contributed by atoms with van der Waals surface area (Å²) in [6, 6.07) is 5.38. The number of aryl methyl sites for hydroxylation is 1. The number of hydrogen-bond donors (Lipinski definition) is 1. The van der Waals surface area contributed by atoms with Crippen molar-refractivity contribution in [3.63, 3.8) is 0 Å². The molecule has 1 heterocycles. The molecule has 20 heavy (non-hydrogen) atoms. The van der Waals surface area contributed by atoms with Crippen LogP contribution in [0, 0.1) is 12.7 Å². The molecule has 2 rings (SSSR count). The molecule has 1 aromatic carbocycles. The van der Waals surface area contributed by atoms with E-state index in [0.717, 1.165) is 0 Å². The average Bonchev–Trinajstić information content (AvgIpc) is 2.42. The predicted octanol–water partition coefficient (Wildman–Crippen LogP) is 2.09. The summed E-state index contributed by atoms with van der Waals surface area (Å²) in [5, 5.41) is 2.58. The first kappa shape index (κ1) is 14.4. The number of nitrogens with zero attached hydrogens (tertiary/aromatic N) is 2. The second kappa shape index (κ2) is 5.96. The van der Waals surface area contributed by atoms with Crippen LogP contribution in [0.5, 0.6) is 0 Å². The van der Waals surface area contributed by atoms with Gasteiger partial charge in [0.15, 0.2) is 0 Å². The molecule has 0 fully saturated rings. The molecule has 1 N–H and O–H groups in total. The van der Waals surface area contributed by atoms with E-state index in [1.165, 1.54) is 35.0 Å². The van der Waals surface area contributed by atoms with Crippen molar-refractivity contribution >= 4 is 27.5 Å². The molecular formula is C13H11BrFN3O2. The maximum atomic E-state index is 12.7. The van der Waals surface area contributed by atoms with Crippen LogP contribution in [0.15, 0.2) is 39.7 Å². The number of carbonyl (C=O) groups is 1. The standard InChI is InChI=1S/C13H11BrFN3O2/c1-8-16-6-11(14)13(20)18(8)7-12(19)17-10-4-2-9(15)3-5-10/h2-6H,7H2,1H3,(H,17,19). The smallest absolute Gasteiger partial charge is 0.268 e. The Hall–Kier alpha value is -2.02. The third-order valence-electron chi connectivity index (χ3n) is 2.63. The number of amides is 1. The van der Waals surface area contributed by atoms with Crippen molar-refractivity contribution in [1.29, 1.82) is 0 Å². The van der Waals surface area contributed by atoms with Crippen molar-refractivity contribution in [3.8, 4) is 0 Å². The van der Waals surface area contributed by atoms with Crippen LogP contribution in [0.1, 0.15) is 5.82 Å². The van der Waals surface area contributed by atoms with Crippen LogP contribution in [0.25, 0.3) is 0 Å². The summed E-state index contributed by atoms with van der Waals surface area (Å²) in [6.45, 7) is 1.48. The highest BCUT2D eigenvalue weighted by atomic mass is 79.9. The average molecular weight is 340 g/mol. The molecule has 7 heteroatoms. The Balaban J connectivity index is 2.15. The van der Waals surface area contributed by atoms with Gasteiger partial charge >= 0.3 is 0 Å². The van der Waals surface area contributed by atoms with Gasteiger partial charge in [-0.15, -0.1) is 0 Å². The van der Waals surface area contributed by atoms with Gasteiger partial charge in [0, 0.05) is 11.9 Å². The molecule has 0 bridgehead atoms. The summed E-state index contributed by atoms with van der Waals surface area (Å²) < 4.78 is 14.3. The first-order chi connectivity index (χ1) is 9.47. The van der Waals surface area contributed by atoms with Gasteiger partial charge in [0.1, 0.15) is 22.7 Å². The van der Waals surface area contributed by atoms with Crippen LogP contribution in [-0.2, 0) is 11.3 Å². The molecule has 0 atom stereocenters. The first-order valence-electron chi connectivity index (χ1n) is 5.75. The molecule has 104 valence electrons. The van der Waals surface area contributed by atoms with Crippen LogP contribution in [0.4, 0.5) is 10.1 Å². The molecule has 2 aromatic rings. The number of carbonyl (C=O) groups excluding carboxylic acids is 1.